The third-order valence-corrected chi connectivity index (χ3v) is 10.6. The fourth-order valence-electron chi connectivity index (χ4n) is 5.77. The van der Waals surface area contributed by atoms with Gasteiger partial charge in [0.25, 0.3) is 0 Å². The van der Waals surface area contributed by atoms with Crippen LogP contribution in [0.3, 0.4) is 0 Å². The molecule has 12 heteroatoms. The molecule has 1 aromatic rings. The first-order valence-corrected chi connectivity index (χ1v) is 17.1. The topological polar surface area (TPSA) is 129 Å². The first-order valence-electron chi connectivity index (χ1n) is 15.6. The summed E-state index contributed by atoms with van der Waals surface area (Å²) in [6, 6.07) is 6.76. The SMILES string of the molecule is C/C(=C\c1cccc(S(=O)(=O)N2CCNCC2)c1)[C@H]1OC(=O)C[C@H](O)CC[C@H](C)[C@@H](OC(=O)N2CCN(C)CC2)/C=C\[C@@H]1C. The second-order valence-corrected chi connectivity index (χ2v) is 14.3. The average molecular weight is 633 g/mol. The van der Waals surface area contributed by atoms with E-state index in [1.807, 2.05) is 52.1 Å². The molecule has 1 amide bonds. The number of cyclic esters (lactones) is 1. The van der Waals surface area contributed by atoms with Gasteiger partial charge in [-0.15, -0.1) is 0 Å². The lowest BCUT2D eigenvalue weighted by Crippen LogP contribution is -2.48. The molecule has 0 saturated carbocycles. The molecule has 5 atom stereocenters. The van der Waals surface area contributed by atoms with Crippen LogP contribution in [0.4, 0.5) is 4.79 Å². The lowest BCUT2D eigenvalue weighted by Gasteiger charge is -2.33. The van der Waals surface area contributed by atoms with Gasteiger partial charge in [-0.25, -0.2) is 13.2 Å². The van der Waals surface area contributed by atoms with Crippen LogP contribution in [0.15, 0.2) is 46.9 Å². The molecule has 3 aliphatic rings. The van der Waals surface area contributed by atoms with Crippen molar-refractivity contribution in [3.05, 3.63) is 47.6 Å². The monoisotopic (exact) mass is 632 g/mol. The summed E-state index contributed by atoms with van der Waals surface area (Å²) >= 11 is 0. The molecule has 44 heavy (non-hydrogen) atoms. The number of carbonyl (C=O) groups excluding carboxylic acids is 2. The summed E-state index contributed by atoms with van der Waals surface area (Å²) in [5, 5.41) is 13.8. The Kier molecular flexibility index (Phi) is 12.0. The normalized spacial score (nSPS) is 29.7. The zero-order chi connectivity index (χ0) is 31.9. The van der Waals surface area contributed by atoms with Crippen LogP contribution in [0.25, 0.3) is 6.08 Å². The second kappa shape index (κ2) is 15.5. The van der Waals surface area contributed by atoms with Crippen LogP contribution in [0, 0.1) is 11.8 Å². The highest BCUT2D eigenvalue weighted by atomic mass is 32.2. The highest BCUT2D eigenvalue weighted by Gasteiger charge is 2.30. The molecule has 0 aromatic heterocycles. The van der Waals surface area contributed by atoms with Gasteiger partial charge < -0.3 is 29.7 Å². The number of likely N-dealkylation sites (N-methyl/N-ethyl adjacent to an activating group) is 1. The van der Waals surface area contributed by atoms with Gasteiger partial charge in [-0.2, -0.15) is 4.31 Å². The first-order chi connectivity index (χ1) is 20.9. The van der Waals surface area contributed by atoms with Gasteiger partial charge >= 0.3 is 12.1 Å². The number of aliphatic hydroxyl groups excluding tert-OH is 1. The second-order valence-electron chi connectivity index (χ2n) is 12.3. The highest BCUT2D eigenvalue weighted by Crippen LogP contribution is 2.27. The molecule has 0 spiro atoms. The van der Waals surface area contributed by atoms with E-state index in [2.05, 4.69) is 10.2 Å². The minimum atomic E-state index is -3.64. The molecule has 0 radical (unpaired) electrons. The van der Waals surface area contributed by atoms with Gasteiger partial charge in [-0.05, 0) is 62.1 Å². The van der Waals surface area contributed by atoms with E-state index in [0.717, 1.165) is 18.7 Å². The number of benzene rings is 1. The number of piperazine rings is 2. The van der Waals surface area contributed by atoms with E-state index >= 15 is 0 Å². The van der Waals surface area contributed by atoms with E-state index in [1.165, 1.54) is 4.31 Å². The van der Waals surface area contributed by atoms with Gasteiger partial charge in [-0.1, -0.05) is 38.1 Å². The Morgan fingerprint density at radius 2 is 1.77 bits per heavy atom. The Morgan fingerprint density at radius 1 is 1.07 bits per heavy atom. The van der Waals surface area contributed by atoms with Crippen LogP contribution in [0.1, 0.15) is 45.6 Å². The summed E-state index contributed by atoms with van der Waals surface area (Å²) in [5.74, 6) is -0.871. The van der Waals surface area contributed by atoms with Gasteiger partial charge in [0, 0.05) is 58.3 Å². The molecular weight excluding hydrogens is 584 g/mol. The van der Waals surface area contributed by atoms with Gasteiger partial charge in [0.15, 0.2) is 0 Å². The smallest absolute Gasteiger partial charge is 0.410 e. The van der Waals surface area contributed by atoms with Gasteiger partial charge in [0.1, 0.15) is 12.2 Å². The standard InChI is InChI=1S/C32H48N4O7S/c1-23-8-10-27(37)22-30(38)43-31(24(2)9-11-29(23)42-32(39)35-18-16-34(4)17-19-35)25(3)20-26-6-5-7-28(21-26)44(40,41)36-14-12-33-13-15-36/h5-7,9,11,20-21,23-24,27,29,31,33,37H,8,10,12-19,22H2,1-4H3/b11-9-,25-20+/t23-,24-,27+,29-,31-/m0/s1. The number of rotatable bonds is 5. The van der Waals surface area contributed by atoms with Crippen molar-refractivity contribution in [2.75, 3.05) is 59.4 Å². The predicted octanol–water partition coefficient (Wildman–Crippen LogP) is 2.72. The van der Waals surface area contributed by atoms with E-state index in [9.17, 15) is 23.1 Å². The summed E-state index contributed by atoms with van der Waals surface area (Å²) in [7, 11) is -1.61. The van der Waals surface area contributed by atoms with Crippen LogP contribution in [-0.2, 0) is 24.3 Å². The lowest BCUT2D eigenvalue weighted by atomic mass is 9.91. The van der Waals surface area contributed by atoms with Gasteiger partial charge in [0.2, 0.25) is 10.0 Å². The molecule has 3 heterocycles. The minimum absolute atomic E-state index is 0.0737. The van der Waals surface area contributed by atoms with Crippen molar-refractivity contribution in [1.29, 1.82) is 0 Å². The third-order valence-electron chi connectivity index (χ3n) is 8.67. The highest BCUT2D eigenvalue weighted by molar-refractivity contribution is 7.89. The van der Waals surface area contributed by atoms with Crippen LogP contribution in [-0.4, -0.2) is 117 Å². The van der Waals surface area contributed by atoms with E-state index in [-0.39, 0.29) is 29.2 Å². The number of hydrogen-bond acceptors (Lipinski definition) is 9. The quantitative estimate of drug-likeness (QED) is 0.372. The Hall–Kier alpha value is -2.77. The number of nitrogens with zero attached hydrogens (tertiary/aromatic N) is 3. The molecule has 4 rings (SSSR count). The zero-order valence-corrected chi connectivity index (χ0v) is 27.2. The Balaban J connectivity index is 1.56. The van der Waals surface area contributed by atoms with Crippen molar-refractivity contribution < 1.29 is 32.6 Å². The number of ether oxygens (including phenoxy) is 2. The molecule has 11 nitrogen and oxygen atoms in total. The summed E-state index contributed by atoms with van der Waals surface area (Å²) in [6.45, 7) is 10.6. The van der Waals surface area contributed by atoms with E-state index in [0.29, 0.717) is 57.7 Å². The van der Waals surface area contributed by atoms with Crippen LogP contribution in [0.5, 0.6) is 0 Å². The number of aliphatic hydroxyl groups is 1. The van der Waals surface area contributed by atoms with Gasteiger partial charge in [0.05, 0.1) is 17.4 Å². The van der Waals surface area contributed by atoms with E-state index in [1.54, 1.807) is 23.1 Å². The maximum absolute atomic E-state index is 13.3. The molecule has 2 N–H and O–H groups in total. The van der Waals surface area contributed by atoms with E-state index < -0.39 is 34.3 Å². The van der Waals surface area contributed by atoms with Crippen molar-refractivity contribution in [3.63, 3.8) is 0 Å². The van der Waals surface area contributed by atoms with Crippen LogP contribution >= 0.6 is 0 Å². The Morgan fingerprint density at radius 3 is 2.48 bits per heavy atom. The first kappa shape index (κ1) is 34.1. The molecule has 2 fully saturated rings. The number of amides is 1. The molecular formula is C32H48N4O7S. The lowest BCUT2D eigenvalue weighted by molar-refractivity contribution is -0.151. The third kappa shape index (κ3) is 9.13. The van der Waals surface area contributed by atoms with Crippen molar-refractivity contribution in [3.8, 4) is 0 Å². The van der Waals surface area contributed by atoms with Crippen LogP contribution in [0.2, 0.25) is 0 Å². The predicted molar refractivity (Wildman–Crippen MR) is 168 cm³/mol. The molecule has 1 aromatic carbocycles. The van der Waals surface area contributed by atoms with Crippen molar-refractivity contribution >= 4 is 28.2 Å². The number of nitrogens with one attached hydrogen (secondary N) is 1. The fraction of sp³-hybridized carbons (Fsp3) is 0.625. The number of hydrogen-bond donors (Lipinski definition) is 2. The maximum atomic E-state index is 13.3. The van der Waals surface area contributed by atoms with Gasteiger partial charge in [-0.3, -0.25) is 4.79 Å². The number of carbonyl (C=O) groups is 2. The average Bonchev–Trinajstić information content (AvgIpc) is 3.00. The minimum Gasteiger partial charge on any atom is -0.457 e. The zero-order valence-electron chi connectivity index (χ0n) is 26.4. The summed E-state index contributed by atoms with van der Waals surface area (Å²) in [6.07, 6.45) is 3.99. The Labute approximate surface area is 261 Å². The summed E-state index contributed by atoms with van der Waals surface area (Å²) in [5.41, 5.74) is 1.39. The molecule has 244 valence electrons. The maximum Gasteiger partial charge on any atom is 0.410 e. The molecule has 0 bridgehead atoms. The van der Waals surface area contributed by atoms with Crippen molar-refractivity contribution in [2.24, 2.45) is 11.8 Å². The van der Waals surface area contributed by atoms with Crippen molar-refractivity contribution in [1.82, 2.24) is 19.4 Å². The number of esters is 1. The molecule has 0 unspecified atom stereocenters. The number of sulfonamides is 1. The Bertz CT molecular complexity index is 1300. The molecule has 3 aliphatic heterocycles. The summed E-state index contributed by atoms with van der Waals surface area (Å²) < 4.78 is 39.9. The summed E-state index contributed by atoms with van der Waals surface area (Å²) in [4.78, 5) is 30.0. The molecule has 2 saturated heterocycles. The largest absolute Gasteiger partial charge is 0.457 e. The van der Waals surface area contributed by atoms with Crippen LogP contribution < -0.4 is 5.32 Å². The van der Waals surface area contributed by atoms with E-state index in [4.69, 9.17) is 9.47 Å². The van der Waals surface area contributed by atoms with Crippen molar-refractivity contribution in [2.45, 2.75) is 63.2 Å². The molecule has 0 aliphatic carbocycles. The fourth-order valence-corrected chi connectivity index (χ4v) is 7.27.